The molecule has 0 amide bonds. The summed E-state index contributed by atoms with van der Waals surface area (Å²) in [5, 5.41) is 0. The Balaban J connectivity index is -0.000000107. The fraction of sp³-hybridized carbons (Fsp3) is 0. The molecule has 0 unspecified atom stereocenters. The number of hydrogen-bond acceptors (Lipinski definition) is 7. The Hall–Kier alpha value is 3.31. The van der Waals surface area contributed by atoms with E-state index in [0.717, 1.165) is 0 Å². The molecule has 0 aliphatic rings. The minimum absolute atomic E-state index is 0. The van der Waals surface area contributed by atoms with Gasteiger partial charge in [0.05, 0.1) is 15.6 Å². The van der Waals surface area contributed by atoms with Crippen molar-refractivity contribution in [3.8, 4) is 0 Å². The Morgan fingerprint density at radius 2 is 1.00 bits per heavy atom. The SMILES string of the molecule is O=P([O-])([O-])OP(=O)([O-])[O-].[AlH3].[Ca+2].[Ca+2]. The van der Waals surface area contributed by atoms with E-state index in [0.29, 0.717) is 0 Å². The molecule has 0 saturated carbocycles. The van der Waals surface area contributed by atoms with Gasteiger partial charge in [-0.1, -0.05) is 0 Å². The third-order valence-corrected chi connectivity index (χ3v) is 1.80. The van der Waals surface area contributed by atoms with Crippen LogP contribution in [0.2, 0.25) is 0 Å². The van der Waals surface area contributed by atoms with Crippen LogP contribution in [0.25, 0.3) is 0 Å². The van der Waals surface area contributed by atoms with E-state index in [1.807, 2.05) is 0 Å². The van der Waals surface area contributed by atoms with Crippen LogP contribution < -0.4 is 19.6 Å². The van der Waals surface area contributed by atoms with Crippen LogP contribution in [0.1, 0.15) is 0 Å². The molecule has 0 radical (unpaired) electrons. The second kappa shape index (κ2) is 9.53. The topological polar surface area (TPSA) is 136 Å². The third-order valence-electron chi connectivity index (χ3n) is 0.200. The van der Waals surface area contributed by atoms with Gasteiger partial charge in [0, 0.05) is 0 Å². The maximum atomic E-state index is 9.32. The molecule has 12 heavy (non-hydrogen) atoms. The van der Waals surface area contributed by atoms with Gasteiger partial charge in [-0.3, -0.25) is 0 Å². The monoisotopic (exact) mass is 284 g/mol. The van der Waals surface area contributed by atoms with Crippen LogP contribution in [0.15, 0.2) is 0 Å². The predicted octanol–water partition coefficient (Wildman–Crippen LogP) is -5.29. The number of rotatable bonds is 2. The maximum absolute atomic E-state index is 9.32. The van der Waals surface area contributed by atoms with Crippen LogP contribution in [0.3, 0.4) is 0 Å². The maximum Gasteiger partial charge on any atom is 2.00 e. The van der Waals surface area contributed by atoms with Gasteiger partial charge in [0.25, 0.3) is 0 Å². The molecule has 62 valence electrons. The summed E-state index contributed by atoms with van der Waals surface area (Å²) in [6.45, 7) is 0. The fourth-order valence-corrected chi connectivity index (χ4v) is 1.10. The van der Waals surface area contributed by atoms with Gasteiger partial charge in [-0.15, -0.1) is 0 Å². The van der Waals surface area contributed by atoms with Crippen molar-refractivity contribution in [2.45, 2.75) is 0 Å². The molecular weight excluding hydrogens is 281 g/mol. The van der Waals surface area contributed by atoms with E-state index in [4.69, 9.17) is 0 Å². The number of phosphoric acid groups is 2. The Morgan fingerprint density at radius 1 is 0.833 bits per heavy atom. The van der Waals surface area contributed by atoms with E-state index in [2.05, 4.69) is 4.31 Å². The molecule has 0 aliphatic heterocycles. The van der Waals surface area contributed by atoms with Crippen molar-refractivity contribution in [1.82, 2.24) is 0 Å². The third kappa shape index (κ3) is 23.3. The summed E-state index contributed by atoms with van der Waals surface area (Å²) in [5.74, 6) is 0. The summed E-state index contributed by atoms with van der Waals surface area (Å²) in [6.07, 6.45) is 0. The first-order chi connectivity index (χ1) is 3.71. The van der Waals surface area contributed by atoms with E-state index in [-0.39, 0.29) is 92.8 Å². The largest absolute Gasteiger partial charge is 2.00 e. The average Bonchev–Trinajstić information content (AvgIpc) is 1.14. The Bertz CT molecular complexity index is 160. The molecule has 0 aromatic rings. The molecule has 0 saturated heterocycles. The predicted molar refractivity (Wildman–Crippen MR) is 37.7 cm³/mol. The van der Waals surface area contributed by atoms with Crippen LogP contribution in [-0.4, -0.2) is 92.8 Å². The molecule has 0 bridgehead atoms. The minimum atomic E-state index is -5.68. The van der Waals surface area contributed by atoms with Crippen LogP contribution >= 0.6 is 15.6 Å². The van der Waals surface area contributed by atoms with Crippen molar-refractivity contribution in [3.63, 3.8) is 0 Å². The summed E-state index contributed by atoms with van der Waals surface area (Å²) in [4.78, 5) is 37.3. The van der Waals surface area contributed by atoms with E-state index < -0.39 is 15.6 Å². The van der Waals surface area contributed by atoms with E-state index in [1.54, 1.807) is 0 Å². The van der Waals surface area contributed by atoms with Crippen molar-refractivity contribution in [1.29, 1.82) is 0 Å². The van der Waals surface area contributed by atoms with Crippen molar-refractivity contribution in [2.24, 2.45) is 0 Å². The summed E-state index contributed by atoms with van der Waals surface area (Å²) in [7, 11) is -11.4. The first-order valence-corrected chi connectivity index (χ1v) is 4.38. The second-order valence-corrected chi connectivity index (χ2v) is 3.42. The molecule has 0 N–H and O–H groups in total. The summed E-state index contributed by atoms with van der Waals surface area (Å²) in [5.41, 5.74) is 0. The van der Waals surface area contributed by atoms with E-state index in [9.17, 15) is 28.7 Å². The van der Waals surface area contributed by atoms with Gasteiger partial charge >= 0.3 is 75.5 Å². The van der Waals surface area contributed by atoms with Crippen molar-refractivity contribution in [3.05, 3.63) is 0 Å². The molecule has 0 aromatic carbocycles. The molecule has 0 atom stereocenters. The van der Waals surface area contributed by atoms with Crippen molar-refractivity contribution < 1.29 is 33.0 Å². The van der Waals surface area contributed by atoms with Gasteiger partial charge in [0.2, 0.25) is 0 Å². The van der Waals surface area contributed by atoms with E-state index >= 15 is 0 Å². The van der Waals surface area contributed by atoms with Gasteiger partial charge in [-0.05, 0) is 0 Å². The van der Waals surface area contributed by atoms with E-state index in [1.165, 1.54) is 0 Å². The zero-order valence-electron chi connectivity index (χ0n) is 5.17. The van der Waals surface area contributed by atoms with Crippen molar-refractivity contribution >= 4 is 108 Å². The molecular formula is H3AlCa2O7P2. The van der Waals surface area contributed by atoms with Gasteiger partial charge < -0.3 is 33.0 Å². The Morgan fingerprint density at radius 3 is 1.00 bits per heavy atom. The Labute approximate surface area is 139 Å². The molecule has 0 rings (SSSR count). The Kier molecular flexibility index (Phi) is 19.5. The normalized spacial score (nSPS) is 10.3. The van der Waals surface area contributed by atoms with Crippen LogP contribution in [-0.2, 0) is 13.4 Å². The molecule has 0 heterocycles. The molecule has 0 aromatic heterocycles. The minimum Gasteiger partial charge on any atom is -0.790 e. The van der Waals surface area contributed by atoms with Crippen LogP contribution in [0.4, 0.5) is 0 Å². The molecule has 0 fully saturated rings. The average molecular weight is 284 g/mol. The van der Waals surface area contributed by atoms with Gasteiger partial charge in [0.15, 0.2) is 17.4 Å². The van der Waals surface area contributed by atoms with Crippen LogP contribution in [0, 0.1) is 0 Å². The molecule has 7 nitrogen and oxygen atoms in total. The summed E-state index contributed by atoms with van der Waals surface area (Å²) in [6, 6.07) is 0. The van der Waals surface area contributed by atoms with Crippen molar-refractivity contribution in [2.75, 3.05) is 0 Å². The molecule has 0 spiro atoms. The molecule has 12 heteroatoms. The second-order valence-electron chi connectivity index (χ2n) is 0.976. The zero-order valence-corrected chi connectivity index (χ0v) is 11.4. The smallest absolute Gasteiger partial charge is 0.790 e. The summed E-state index contributed by atoms with van der Waals surface area (Å²) >= 11 is 0. The standard InChI is InChI=1S/Al.2Ca.H4O7P2.3H/c;;;1-8(2,3)7-9(4,5)6;;;/h;;;(H2,1,2,3)(H2,4,5,6);;;/q;2*+2;;;;/p-4. The number of hydrogen-bond donors (Lipinski definition) is 0. The van der Waals surface area contributed by atoms with Gasteiger partial charge in [-0.2, -0.15) is 0 Å². The van der Waals surface area contributed by atoms with Gasteiger partial charge in [0.1, 0.15) is 0 Å². The zero-order chi connectivity index (χ0) is 7.71. The quantitative estimate of drug-likeness (QED) is 0.365. The van der Waals surface area contributed by atoms with Crippen LogP contribution in [0.5, 0.6) is 0 Å². The first kappa shape index (κ1) is 24.5. The van der Waals surface area contributed by atoms with Gasteiger partial charge in [-0.25, -0.2) is 0 Å². The fourth-order valence-electron chi connectivity index (χ4n) is 0.122. The first-order valence-electron chi connectivity index (χ1n) is 1.46. The molecule has 0 aliphatic carbocycles. The summed E-state index contributed by atoms with van der Waals surface area (Å²) < 4.78 is 21.2.